The van der Waals surface area contributed by atoms with Crippen LogP contribution in [0.1, 0.15) is 31.4 Å². The van der Waals surface area contributed by atoms with Gasteiger partial charge in [-0.15, -0.1) is 0 Å². The lowest BCUT2D eigenvalue weighted by molar-refractivity contribution is -0.127. The summed E-state index contributed by atoms with van der Waals surface area (Å²) in [5.41, 5.74) is 5.15. The van der Waals surface area contributed by atoms with Gasteiger partial charge >= 0.3 is 0 Å². The number of hydrazone groups is 1. The molecule has 2 aromatic carbocycles. The molecule has 138 valence electrons. The van der Waals surface area contributed by atoms with E-state index in [-0.39, 0.29) is 5.91 Å². The van der Waals surface area contributed by atoms with Gasteiger partial charge in [0.25, 0.3) is 5.91 Å². The molecule has 0 aliphatic rings. The van der Waals surface area contributed by atoms with Crippen LogP contribution >= 0.6 is 11.6 Å². The molecule has 1 atom stereocenters. The van der Waals surface area contributed by atoms with Crippen molar-refractivity contribution in [2.24, 2.45) is 5.10 Å². The Kier molecular flexibility index (Phi) is 7.04. The van der Waals surface area contributed by atoms with Crippen molar-refractivity contribution in [1.29, 1.82) is 0 Å². The molecule has 0 aromatic heterocycles. The van der Waals surface area contributed by atoms with Gasteiger partial charge in [-0.1, -0.05) is 18.5 Å². The Hall–Kier alpha value is -2.53. The number of hydrogen-bond donors (Lipinski definition) is 1. The zero-order valence-electron chi connectivity index (χ0n) is 15.4. The van der Waals surface area contributed by atoms with Gasteiger partial charge in [0.15, 0.2) is 6.10 Å². The number of rotatable bonds is 7. The summed E-state index contributed by atoms with van der Waals surface area (Å²) < 4.78 is 10.9. The Bertz CT molecular complexity index is 788. The second kappa shape index (κ2) is 9.25. The third-order valence-corrected chi connectivity index (χ3v) is 4.10. The minimum atomic E-state index is -0.687. The predicted molar refractivity (Wildman–Crippen MR) is 104 cm³/mol. The number of benzene rings is 2. The van der Waals surface area contributed by atoms with E-state index in [9.17, 15) is 4.79 Å². The van der Waals surface area contributed by atoms with Gasteiger partial charge in [0.05, 0.1) is 12.8 Å². The second-order valence-electron chi connectivity index (χ2n) is 5.79. The maximum absolute atomic E-state index is 12.3. The predicted octanol–water partition coefficient (Wildman–Crippen LogP) is 4.35. The van der Waals surface area contributed by atoms with Crippen LogP contribution in [-0.4, -0.2) is 24.8 Å². The minimum absolute atomic E-state index is 0.321. The molecule has 6 heteroatoms. The molecule has 1 N–H and O–H groups in total. The molecule has 0 fully saturated rings. The molecule has 0 saturated carbocycles. The van der Waals surface area contributed by atoms with Crippen molar-refractivity contribution in [1.82, 2.24) is 5.43 Å². The highest BCUT2D eigenvalue weighted by atomic mass is 35.5. The minimum Gasteiger partial charge on any atom is -0.497 e. The van der Waals surface area contributed by atoms with Crippen molar-refractivity contribution in [2.45, 2.75) is 33.3 Å². The highest BCUT2D eigenvalue weighted by Gasteiger charge is 2.15. The Morgan fingerprint density at radius 1 is 1.23 bits per heavy atom. The number of nitrogens with zero attached hydrogens (tertiary/aromatic N) is 1. The molecule has 0 saturated heterocycles. The van der Waals surface area contributed by atoms with Crippen LogP contribution in [0.4, 0.5) is 0 Å². The first-order chi connectivity index (χ1) is 12.4. The van der Waals surface area contributed by atoms with E-state index in [1.165, 1.54) is 0 Å². The van der Waals surface area contributed by atoms with Crippen LogP contribution in [0.25, 0.3) is 0 Å². The van der Waals surface area contributed by atoms with E-state index in [0.29, 0.717) is 17.2 Å². The van der Waals surface area contributed by atoms with Crippen LogP contribution in [0.2, 0.25) is 5.02 Å². The Morgan fingerprint density at radius 3 is 2.50 bits per heavy atom. The molecule has 0 spiro atoms. The van der Waals surface area contributed by atoms with Gasteiger partial charge in [-0.3, -0.25) is 4.79 Å². The largest absolute Gasteiger partial charge is 0.497 e. The molecule has 0 radical (unpaired) electrons. The number of methoxy groups -OCH3 is 1. The highest BCUT2D eigenvalue weighted by Crippen LogP contribution is 2.22. The number of amides is 1. The highest BCUT2D eigenvalue weighted by molar-refractivity contribution is 6.30. The number of aryl methyl sites for hydroxylation is 1. The quantitative estimate of drug-likeness (QED) is 0.578. The molecule has 0 bridgehead atoms. The van der Waals surface area contributed by atoms with Crippen LogP contribution in [0.3, 0.4) is 0 Å². The van der Waals surface area contributed by atoms with E-state index in [0.717, 1.165) is 22.6 Å². The lowest BCUT2D eigenvalue weighted by atomic mass is 10.1. The van der Waals surface area contributed by atoms with Gasteiger partial charge < -0.3 is 9.47 Å². The van der Waals surface area contributed by atoms with E-state index in [1.54, 1.807) is 32.2 Å². The zero-order valence-corrected chi connectivity index (χ0v) is 16.1. The normalized spacial score (nSPS) is 12.4. The maximum Gasteiger partial charge on any atom is 0.280 e. The van der Waals surface area contributed by atoms with Crippen molar-refractivity contribution in [3.63, 3.8) is 0 Å². The van der Waals surface area contributed by atoms with Crippen molar-refractivity contribution in [3.8, 4) is 11.5 Å². The first-order valence-electron chi connectivity index (χ1n) is 8.38. The SMILES string of the molecule is CCC(=NNC(=O)C(C)Oc1ccc(Cl)cc1C)c1ccc(OC)cc1. The Labute approximate surface area is 159 Å². The summed E-state index contributed by atoms with van der Waals surface area (Å²) in [7, 11) is 1.62. The van der Waals surface area contributed by atoms with Crippen molar-refractivity contribution >= 4 is 23.2 Å². The molecule has 0 aliphatic carbocycles. The first kappa shape index (κ1) is 19.8. The van der Waals surface area contributed by atoms with E-state index in [2.05, 4.69) is 10.5 Å². The zero-order chi connectivity index (χ0) is 19.1. The summed E-state index contributed by atoms with van der Waals surface area (Å²) in [4.78, 5) is 12.3. The van der Waals surface area contributed by atoms with Gasteiger partial charge in [0.1, 0.15) is 11.5 Å². The topological polar surface area (TPSA) is 59.9 Å². The van der Waals surface area contributed by atoms with E-state index < -0.39 is 6.10 Å². The number of ether oxygens (including phenoxy) is 2. The van der Waals surface area contributed by atoms with E-state index in [4.69, 9.17) is 21.1 Å². The maximum atomic E-state index is 12.3. The number of halogens is 1. The van der Waals surface area contributed by atoms with Crippen molar-refractivity contribution in [3.05, 3.63) is 58.6 Å². The fourth-order valence-corrected chi connectivity index (χ4v) is 2.56. The Morgan fingerprint density at radius 2 is 1.92 bits per heavy atom. The molecule has 0 aliphatic heterocycles. The summed E-state index contributed by atoms with van der Waals surface area (Å²) in [6.07, 6.45) is -0.00870. The fourth-order valence-electron chi connectivity index (χ4n) is 2.33. The second-order valence-corrected chi connectivity index (χ2v) is 6.22. The number of nitrogens with one attached hydrogen (secondary N) is 1. The van der Waals surface area contributed by atoms with E-state index in [1.807, 2.05) is 38.1 Å². The number of carbonyl (C=O) groups excluding carboxylic acids is 1. The Balaban J connectivity index is 2.02. The van der Waals surface area contributed by atoms with Gasteiger partial charge in [-0.2, -0.15) is 5.10 Å². The van der Waals surface area contributed by atoms with Gasteiger partial charge in [-0.05, 0) is 73.9 Å². The van der Waals surface area contributed by atoms with Gasteiger partial charge in [0.2, 0.25) is 0 Å². The van der Waals surface area contributed by atoms with Crippen LogP contribution in [0.5, 0.6) is 11.5 Å². The first-order valence-corrected chi connectivity index (χ1v) is 8.76. The molecule has 1 amide bonds. The summed E-state index contributed by atoms with van der Waals surface area (Å²) >= 11 is 5.93. The third-order valence-electron chi connectivity index (χ3n) is 3.87. The summed E-state index contributed by atoms with van der Waals surface area (Å²) in [5.74, 6) is 1.07. The molecule has 2 rings (SSSR count). The number of hydrogen-bond acceptors (Lipinski definition) is 4. The average Bonchev–Trinajstić information content (AvgIpc) is 2.64. The lowest BCUT2D eigenvalue weighted by Gasteiger charge is -2.15. The van der Waals surface area contributed by atoms with E-state index >= 15 is 0 Å². The fraction of sp³-hybridized carbons (Fsp3) is 0.300. The molecule has 1 unspecified atom stereocenters. The van der Waals surface area contributed by atoms with Crippen LogP contribution in [0, 0.1) is 6.92 Å². The van der Waals surface area contributed by atoms with Crippen molar-refractivity contribution in [2.75, 3.05) is 7.11 Å². The molecule has 2 aromatic rings. The van der Waals surface area contributed by atoms with Crippen molar-refractivity contribution < 1.29 is 14.3 Å². The van der Waals surface area contributed by atoms with Gasteiger partial charge in [0, 0.05) is 5.02 Å². The monoisotopic (exact) mass is 374 g/mol. The number of carbonyl (C=O) groups is 1. The summed E-state index contributed by atoms with van der Waals surface area (Å²) in [6.45, 7) is 5.53. The van der Waals surface area contributed by atoms with Crippen LogP contribution < -0.4 is 14.9 Å². The standard InChI is InChI=1S/C20H23ClN2O3/c1-5-18(15-6-9-17(25-4)10-7-15)22-23-20(24)14(3)26-19-11-8-16(21)12-13(19)2/h6-12,14H,5H2,1-4H3,(H,23,24). The average molecular weight is 375 g/mol. The molecular weight excluding hydrogens is 352 g/mol. The third kappa shape index (κ3) is 5.23. The van der Waals surface area contributed by atoms with Crippen LogP contribution in [-0.2, 0) is 4.79 Å². The lowest BCUT2D eigenvalue weighted by Crippen LogP contribution is -2.34. The molecule has 0 heterocycles. The smallest absolute Gasteiger partial charge is 0.280 e. The van der Waals surface area contributed by atoms with Gasteiger partial charge in [-0.25, -0.2) is 5.43 Å². The molecule has 5 nitrogen and oxygen atoms in total. The summed E-state index contributed by atoms with van der Waals surface area (Å²) in [5, 5.41) is 4.87. The molecule has 26 heavy (non-hydrogen) atoms. The van der Waals surface area contributed by atoms with Crippen LogP contribution in [0.15, 0.2) is 47.6 Å². The molecular formula is C20H23ClN2O3. The summed E-state index contributed by atoms with van der Waals surface area (Å²) in [6, 6.07) is 12.8.